The number of carbonyl (C=O) groups excluding carboxylic acids is 4. The number of nitrogens with zero attached hydrogens (tertiary/aromatic N) is 2. The molecule has 8 aliphatic rings. The standard InChI is InChI=1S/C50H76N4O10/c1-43(2)35(53-61-25-23-51)17-21-47(7)33-15-19-45(5)31(9-11-37(45)55)29(33)27-39(57)49(43,47)63-41(59)13-14-42(60)64-50-40(58)28-30-32-10-12-38(56)46(32,6)20-16-34(30)48(50,8)22-18-36(44(50,3)4)54-62-26-24-52/h13-14,29-34,39-40,57-58H,9-12,15-28,51-52H2,1-8H3/b14-13+,53-35+,54-36+/t29-,30-,31-,32-,33+,34+,39?,40?,45-,46-,47+,48+,49?,50?/m0/s1. The van der Waals surface area contributed by atoms with Crippen molar-refractivity contribution in [2.24, 2.45) is 89.8 Å². The lowest BCUT2D eigenvalue weighted by molar-refractivity contribution is -0.282. The molecule has 6 N–H and O–H groups in total. The molecular formula is C50H76N4O10. The fourth-order valence-electron chi connectivity index (χ4n) is 17.1. The van der Waals surface area contributed by atoms with Crippen molar-refractivity contribution in [2.45, 2.75) is 169 Å². The second kappa shape index (κ2) is 16.2. The second-order valence-electron chi connectivity index (χ2n) is 23.1. The molecule has 64 heavy (non-hydrogen) atoms. The van der Waals surface area contributed by atoms with Gasteiger partial charge in [-0.3, -0.25) is 9.59 Å². The molecule has 14 nitrogen and oxygen atoms in total. The number of fused-ring (bicyclic) bond motifs is 10. The van der Waals surface area contributed by atoms with Crippen LogP contribution in [0.15, 0.2) is 22.5 Å². The van der Waals surface area contributed by atoms with Crippen molar-refractivity contribution >= 4 is 34.9 Å². The van der Waals surface area contributed by atoms with Gasteiger partial charge in [0.15, 0.2) is 11.2 Å². The lowest BCUT2D eigenvalue weighted by Crippen LogP contribution is -2.76. The zero-order valence-electron chi connectivity index (χ0n) is 39.7. The number of nitrogens with two attached hydrogens (primary N) is 2. The largest absolute Gasteiger partial charge is 0.452 e. The normalized spacial score (nSPS) is 46.6. The molecule has 0 aromatic carbocycles. The number of ketones is 2. The molecule has 14 heteroatoms. The van der Waals surface area contributed by atoms with E-state index in [1.165, 1.54) is 0 Å². The average molecular weight is 893 g/mol. The lowest BCUT2D eigenvalue weighted by Gasteiger charge is -2.69. The van der Waals surface area contributed by atoms with Gasteiger partial charge in [-0.05, 0) is 113 Å². The summed E-state index contributed by atoms with van der Waals surface area (Å²) in [5, 5.41) is 34.4. The highest BCUT2D eigenvalue weighted by atomic mass is 16.6. The highest BCUT2D eigenvalue weighted by molar-refractivity contribution is 5.96. The Morgan fingerprint density at radius 1 is 0.594 bits per heavy atom. The summed E-state index contributed by atoms with van der Waals surface area (Å²) < 4.78 is 13.5. The summed E-state index contributed by atoms with van der Waals surface area (Å²) in [5.74, 6) is -0.489. The first-order valence-corrected chi connectivity index (χ1v) is 24.4. The van der Waals surface area contributed by atoms with Gasteiger partial charge in [-0.1, -0.05) is 65.7 Å². The third-order valence-corrected chi connectivity index (χ3v) is 20.3. The minimum absolute atomic E-state index is 0.0547. The number of ether oxygens (including phenoxy) is 2. The van der Waals surface area contributed by atoms with E-state index in [2.05, 4.69) is 38.0 Å². The van der Waals surface area contributed by atoms with Gasteiger partial charge in [-0.2, -0.15) is 0 Å². The molecule has 8 aliphatic carbocycles. The first-order valence-electron chi connectivity index (χ1n) is 24.4. The third kappa shape index (κ3) is 6.36. The summed E-state index contributed by atoms with van der Waals surface area (Å²) in [6.45, 7) is 17.2. The molecule has 8 rings (SSSR count). The number of Topliss-reactive ketones (excluding diaryl/α,β-unsaturated/α-hetero) is 2. The Morgan fingerprint density at radius 3 is 1.33 bits per heavy atom. The van der Waals surface area contributed by atoms with Crippen LogP contribution in [0.3, 0.4) is 0 Å². The van der Waals surface area contributed by atoms with Crippen molar-refractivity contribution in [1.82, 2.24) is 0 Å². The van der Waals surface area contributed by atoms with E-state index >= 15 is 0 Å². The number of aliphatic hydroxyl groups is 2. The average Bonchev–Trinajstić information content (AvgIpc) is 3.71. The molecule has 8 saturated carbocycles. The summed E-state index contributed by atoms with van der Waals surface area (Å²) in [6.07, 6.45) is 8.62. The Bertz CT molecular complexity index is 1860. The summed E-state index contributed by atoms with van der Waals surface area (Å²) in [7, 11) is 0. The fraction of sp³-hybridized carbons (Fsp3) is 0.840. The lowest BCUT2D eigenvalue weighted by atomic mass is 9.38. The van der Waals surface area contributed by atoms with E-state index in [0.717, 1.165) is 50.7 Å². The van der Waals surface area contributed by atoms with Crippen LogP contribution in [0.5, 0.6) is 0 Å². The van der Waals surface area contributed by atoms with Gasteiger partial charge in [0.2, 0.25) is 0 Å². The van der Waals surface area contributed by atoms with Crippen LogP contribution in [0, 0.1) is 68.0 Å². The predicted molar refractivity (Wildman–Crippen MR) is 239 cm³/mol. The minimum atomic E-state index is -1.48. The van der Waals surface area contributed by atoms with Gasteiger partial charge in [0.25, 0.3) is 0 Å². The Labute approximate surface area is 379 Å². The molecule has 0 heterocycles. The molecule has 0 aromatic rings. The smallest absolute Gasteiger partial charge is 0.331 e. The number of oxime groups is 2. The maximum atomic E-state index is 14.5. The second-order valence-corrected chi connectivity index (χ2v) is 23.1. The van der Waals surface area contributed by atoms with Gasteiger partial charge in [0.1, 0.15) is 24.8 Å². The molecule has 0 aliphatic heterocycles. The van der Waals surface area contributed by atoms with E-state index in [1.807, 2.05) is 27.7 Å². The van der Waals surface area contributed by atoms with Crippen LogP contribution in [0.1, 0.15) is 145 Å². The monoisotopic (exact) mass is 893 g/mol. The first-order chi connectivity index (χ1) is 30.1. The van der Waals surface area contributed by atoms with Crippen molar-refractivity contribution in [3.63, 3.8) is 0 Å². The number of hydrogen-bond donors (Lipinski definition) is 4. The Kier molecular flexibility index (Phi) is 12.0. The number of carbonyl (C=O) groups is 4. The molecule has 4 unspecified atom stereocenters. The van der Waals surface area contributed by atoms with E-state index in [0.29, 0.717) is 74.4 Å². The third-order valence-electron chi connectivity index (χ3n) is 20.3. The van der Waals surface area contributed by atoms with Crippen molar-refractivity contribution in [3.8, 4) is 0 Å². The molecule has 8 fully saturated rings. The van der Waals surface area contributed by atoms with Crippen molar-refractivity contribution < 1.29 is 48.5 Å². The molecular weight excluding hydrogens is 817 g/mol. The molecule has 0 amide bonds. The Hall–Kier alpha value is -3.20. The summed E-state index contributed by atoms with van der Waals surface area (Å²) in [6, 6.07) is 0. The summed E-state index contributed by atoms with van der Waals surface area (Å²) in [5.41, 5.74) is 5.55. The Morgan fingerprint density at radius 2 is 0.969 bits per heavy atom. The van der Waals surface area contributed by atoms with Crippen LogP contribution in [0.4, 0.5) is 0 Å². The van der Waals surface area contributed by atoms with Gasteiger partial charge in [-0.25, -0.2) is 9.59 Å². The topological polar surface area (TPSA) is 222 Å². The first kappa shape index (κ1) is 47.3. The zero-order valence-corrected chi connectivity index (χ0v) is 39.7. The molecule has 0 saturated heterocycles. The van der Waals surface area contributed by atoms with E-state index in [-0.39, 0.29) is 61.8 Å². The maximum Gasteiger partial charge on any atom is 0.331 e. The number of rotatable bonds is 10. The van der Waals surface area contributed by atoms with E-state index in [4.69, 9.17) is 30.6 Å². The SMILES string of the molecule is CC1(C)/C(=N/OCCN)CC[C@]2(C)[C@@H]3CC[C@]4(C)C(=O)CC[C@H]4[C@@H]3CC(O)C12OC(=O)/C=C/C(=O)OC12C(O)C[C@@H]3[C@@H](CC[C@]4(C)C(=O)CC[C@@H]34)[C@@]1(C)CC/C(=N\OCCN)C2(C)C. The summed E-state index contributed by atoms with van der Waals surface area (Å²) >= 11 is 0. The van der Waals surface area contributed by atoms with E-state index < -0.39 is 67.8 Å². The molecule has 356 valence electrons. The van der Waals surface area contributed by atoms with Gasteiger partial charge in [0, 0.05) is 70.6 Å². The van der Waals surface area contributed by atoms with Crippen LogP contribution in [-0.2, 0) is 38.3 Å². The Balaban J connectivity index is 1.12. The molecule has 0 spiro atoms. The zero-order chi connectivity index (χ0) is 46.5. The molecule has 0 aromatic heterocycles. The van der Waals surface area contributed by atoms with Crippen molar-refractivity contribution in [3.05, 3.63) is 12.2 Å². The van der Waals surface area contributed by atoms with Gasteiger partial charge in [-0.15, -0.1) is 0 Å². The number of esters is 2. The number of aliphatic hydroxyl groups excluding tert-OH is 2. The van der Waals surface area contributed by atoms with Crippen LogP contribution < -0.4 is 11.5 Å². The molecule has 0 bridgehead atoms. The van der Waals surface area contributed by atoms with Crippen LogP contribution in [0.2, 0.25) is 0 Å². The maximum absolute atomic E-state index is 14.5. The van der Waals surface area contributed by atoms with Gasteiger partial charge in [0.05, 0.1) is 23.6 Å². The van der Waals surface area contributed by atoms with Crippen molar-refractivity contribution in [2.75, 3.05) is 26.3 Å². The van der Waals surface area contributed by atoms with Crippen LogP contribution in [0.25, 0.3) is 0 Å². The molecule has 14 atom stereocenters. The summed E-state index contributed by atoms with van der Waals surface area (Å²) in [4.78, 5) is 66.9. The van der Waals surface area contributed by atoms with E-state index in [9.17, 15) is 29.4 Å². The molecule has 0 radical (unpaired) electrons. The highest BCUT2D eigenvalue weighted by Gasteiger charge is 2.77. The predicted octanol–water partition coefficient (Wildman–Crippen LogP) is 5.97. The van der Waals surface area contributed by atoms with Gasteiger partial charge >= 0.3 is 11.9 Å². The van der Waals surface area contributed by atoms with Crippen LogP contribution >= 0.6 is 0 Å². The number of hydrogen-bond acceptors (Lipinski definition) is 14. The quantitative estimate of drug-likeness (QED) is 0.0862. The van der Waals surface area contributed by atoms with Gasteiger partial charge < -0.3 is 40.8 Å². The van der Waals surface area contributed by atoms with E-state index in [1.54, 1.807) is 0 Å². The minimum Gasteiger partial charge on any atom is -0.452 e. The fourth-order valence-corrected chi connectivity index (χ4v) is 17.1. The highest BCUT2D eigenvalue weighted by Crippen LogP contribution is 2.72. The van der Waals surface area contributed by atoms with Crippen molar-refractivity contribution in [1.29, 1.82) is 0 Å². The van der Waals surface area contributed by atoms with Crippen LogP contribution in [-0.4, -0.2) is 94.9 Å².